The van der Waals surface area contributed by atoms with Crippen LogP contribution in [0.5, 0.6) is 0 Å². The Balaban J connectivity index is 1.91. The first-order valence-corrected chi connectivity index (χ1v) is 8.76. The van der Waals surface area contributed by atoms with Gasteiger partial charge in [-0.1, -0.05) is 58.8 Å². The van der Waals surface area contributed by atoms with Crippen LogP contribution in [0.2, 0.25) is 0 Å². The molecule has 1 unspecified atom stereocenters. The fourth-order valence-corrected chi connectivity index (χ4v) is 2.94. The zero-order valence-corrected chi connectivity index (χ0v) is 13.6. The Morgan fingerprint density at radius 1 is 1.10 bits per heavy atom. The van der Waals surface area contributed by atoms with E-state index < -0.39 is 0 Å². The van der Waals surface area contributed by atoms with Gasteiger partial charge in [0.15, 0.2) is 0 Å². The highest BCUT2D eigenvalue weighted by molar-refractivity contribution is 5.74. The first-order valence-electron chi connectivity index (χ1n) is 8.76. The van der Waals surface area contributed by atoms with Gasteiger partial charge in [0.1, 0.15) is 0 Å². The third-order valence-electron chi connectivity index (χ3n) is 4.25. The molecule has 0 spiro atoms. The number of piperidine rings is 1. The number of nitrogens with zero attached hydrogens (tertiary/aromatic N) is 1. The molecule has 1 fully saturated rings. The highest BCUT2D eigenvalue weighted by Crippen LogP contribution is 2.15. The average molecular weight is 282 g/mol. The van der Waals surface area contributed by atoms with Crippen LogP contribution in [0.25, 0.3) is 0 Å². The summed E-state index contributed by atoms with van der Waals surface area (Å²) in [5, 5.41) is 3.07. The smallest absolute Gasteiger partial charge is 0.317 e. The van der Waals surface area contributed by atoms with Gasteiger partial charge in [0.2, 0.25) is 0 Å². The molecule has 1 N–H and O–H groups in total. The largest absolute Gasteiger partial charge is 0.338 e. The summed E-state index contributed by atoms with van der Waals surface area (Å²) in [6.07, 6.45) is 13.0. The van der Waals surface area contributed by atoms with Crippen molar-refractivity contribution in [2.45, 2.75) is 78.1 Å². The molecule has 0 aromatic carbocycles. The molecule has 2 amide bonds. The summed E-state index contributed by atoms with van der Waals surface area (Å²) in [5.41, 5.74) is 0. The van der Waals surface area contributed by atoms with Crippen LogP contribution in [-0.4, -0.2) is 30.6 Å². The average Bonchev–Trinajstić information content (AvgIpc) is 2.45. The van der Waals surface area contributed by atoms with Crippen molar-refractivity contribution in [2.24, 2.45) is 5.92 Å². The lowest BCUT2D eigenvalue weighted by molar-refractivity contribution is 0.169. The van der Waals surface area contributed by atoms with E-state index in [1.165, 1.54) is 51.4 Å². The molecular formula is C17H34N2O. The lowest BCUT2D eigenvalue weighted by Gasteiger charge is -2.30. The lowest BCUT2D eigenvalue weighted by Crippen LogP contribution is -2.45. The second-order valence-electron chi connectivity index (χ2n) is 6.40. The molecule has 118 valence electrons. The maximum Gasteiger partial charge on any atom is 0.317 e. The molecule has 0 aromatic rings. The Morgan fingerprint density at radius 3 is 2.40 bits per heavy atom. The minimum Gasteiger partial charge on any atom is -0.338 e. The summed E-state index contributed by atoms with van der Waals surface area (Å²) < 4.78 is 0. The molecule has 0 saturated carbocycles. The molecule has 1 aliphatic heterocycles. The topological polar surface area (TPSA) is 32.3 Å². The molecule has 3 heteroatoms. The Hall–Kier alpha value is -0.730. The van der Waals surface area contributed by atoms with Crippen molar-refractivity contribution in [1.82, 2.24) is 10.2 Å². The monoisotopic (exact) mass is 282 g/mol. The number of carbonyl (C=O) groups excluding carboxylic acids is 1. The Kier molecular flexibility index (Phi) is 9.52. The van der Waals surface area contributed by atoms with Gasteiger partial charge < -0.3 is 10.2 Å². The highest BCUT2D eigenvalue weighted by atomic mass is 16.2. The number of unbranched alkanes of at least 4 members (excludes halogenated alkanes) is 7. The van der Waals surface area contributed by atoms with E-state index in [2.05, 4.69) is 19.2 Å². The minimum atomic E-state index is 0.152. The van der Waals surface area contributed by atoms with Gasteiger partial charge in [0.05, 0.1) is 0 Å². The van der Waals surface area contributed by atoms with Crippen molar-refractivity contribution in [3.63, 3.8) is 0 Å². The predicted octanol–water partition coefficient (Wildman–Crippen LogP) is 4.57. The zero-order valence-electron chi connectivity index (χ0n) is 13.6. The molecule has 1 saturated heterocycles. The maximum atomic E-state index is 12.0. The third-order valence-corrected chi connectivity index (χ3v) is 4.25. The standard InChI is InChI=1S/C17H34N2O/c1-3-4-5-6-7-8-9-10-13-18-17(20)19-14-11-12-16(2)15-19/h16H,3-15H2,1-2H3,(H,18,20). The second kappa shape index (κ2) is 11.0. The quantitative estimate of drug-likeness (QED) is 0.617. The van der Waals surface area contributed by atoms with E-state index in [0.29, 0.717) is 5.92 Å². The van der Waals surface area contributed by atoms with Crippen molar-refractivity contribution in [2.75, 3.05) is 19.6 Å². The number of carbonyl (C=O) groups is 1. The van der Waals surface area contributed by atoms with Crippen molar-refractivity contribution in [3.05, 3.63) is 0 Å². The summed E-state index contributed by atoms with van der Waals surface area (Å²) in [4.78, 5) is 14.0. The molecule has 0 radical (unpaired) electrons. The molecule has 3 nitrogen and oxygen atoms in total. The Labute approximate surface area is 125 Å². The highest BCUT2D eigenvalue weighted by Gasteiger charge is 2.20. The van der Waals surface area contributed by atoms with Crippen LogP contribution in [0.15, 0.2) is 0 Å². The first kappa shape index (κ1) is 17.3. The fourth-order valence-electron chi connectivity index (χ4n) is 2.94. The minimum absolute atomic E-state index is 0.152. The number of hydrogen-bond donors (Lipinski definition) is 1. The summed E-state index contributed by atoms with van der Waals surface area (Å²) >= 11 is 0. The summed E-state index contributed by atoms with van der Waals surface area (Å²) in [7, 11) is 0. The molecular weight excluding hydrogens is 248 g/mol. The molecule has 0 aliphatic carbocycles. The van der Waals surface area contributed by atoms with E-state index >= 15 is 0 Å². The summed E-state index contributed by atoms with van der Waals surface area (Å²) in [6.45, 7) is 7.21. The van der Waals surface area contributed by atoms with Crippen LogP contribution < -0.4 is 5.32 Å². The molecule has 1 rings (SSSR count). The van der Waals surface area contributed by atoms with E-state index in [1.807, 2.05) is 4.90 Å². The van der Waals surface area contributed by atoms with E-state index in [9.17, 15) is 4.79 Å². The SMILES string of the molecule is CCCCCCCCCCNC(=O)N1CCCC(C)C1. The Bertz CT molecular complexity index is 255. The number of likely N-dealkylation sites (tertiary alicyclic amines) is 1. The Morgan fingerprint density at radius 2 is 1.75 bits per heavy atom. The van der Waals surface area contributed by atoms with Crippen LogP contribution in [-0.2, 0) is 0 Å². The van der Waals surface area contributed by atoms with Gasteiger partial charge in [-0.25, -0.2) is 4.79 Å². The number of hydrogen-bond acceptors (Lipinski definition) is 1. The van der Waals surface area contributed by atoms with Gasteiger partial charge >= 0.3 is 6.03 Å². The third kappa shape index (κ3) is 7.76. The first-order chi connectivity index (χ1) is 9.74. The molecule has 1 heterocycles. The van der Waals surface area contributed by atoms with Crippen molar-refractivity contribution in [1.29, 1.82) is 0 Å². The van der Waals surface area contributed by atoms with E-state index in [4.69, 9.17) is 0 Å². The molecule has 20 heavy (non-hydrogen) atoms. The van der Waals surface area contributed by atoms with Gasteiger partial charge in [0, 0.05) is 19.6 Å². The van der Waals surface area contributed by atoms with Crippen LogP contribution in [0.3, 0.4) is 0 Å². The lowest BCUT2D eigenvalue weighted by atomic mass is 10.0. The van der Waals surface area contributed by atoms with Crippen LogP contribution in [0.4, 0.5) is 4.79 Å². The van der Waals surface area contributed by atoms with Gasteiger partial charge in [-0.15, -0.1) is 0 Å². The van der Waals surface area contributed by atoms with Crippen molar-refractivity contribution >= 4 is 6.03 Å². The van der Waals surface area contributed by atoms with E-state index in [0.717, 1.165) is 32.5 Å². The van der Waals surface area contributed by atoms with Crippen LogP contribution in [0, 0.1) is 5.92 Å². The van der Waals surface area contributed by atoms with Crippen LogP contribution in [0.1, 0.15) is 78.1 Å². The number of amides is 2. The number of nitrogens with one attached hydrogen (secondary N) is 1. The van der Waals surface area contributed by atoms with E-state index in [1.54, 1.807) is 0 Å². The summed E-state index contributed by atoms with van der Waals surface area (Å²) in [5.74, 6) is 0.664. The van der Waals surface area contributed by atoms with Crippen molar-refractivity contribution in [3.8, 4) is 0 Å². The van der Waals surface area contributed by atoms with Gasteiger partial charge in [0.25, 0.3) is 0 Å². The molecule has 1 aliphatic rings. The zero-order chi connectivity index (χ0) is 14.6. The van der Waals surface area contributed by atoms with E-state index in [-0.39, 0.29) is 6.03 Å². The number of urea groups is 1. The van der Waals surface area contributed by atoms with Gasteiger partial charge in [-0.2, -0.15) is 0 Å². The maximum absolute atomic E-state index is 12.0. The van der Waals surface area contributed by atoms with Crippen molar-refractivity contribution < 1.29 is 4.79 Å². The summed E-state index contributed by atoms with van der Waals surface area (Å²) in [6, 6.07) is 0.152. The fraction of sp³-hybridized carbons (Fsp3) is 0.941. The van der Waals surface area contributed by atoms with Crippen LogP contribution >= 0.6 is 0 Å². The molecule has 0 aromatic heterocycles. The van der Waals surface area contributed by atoms with Gasteiger partial charge in [-0.05, 0) is 25.2 Å². The molecule has 1 atom stereocenters. The number of rotatable bonds is 9. The predicted molar refractivity (Wildman–Crippen MR) is 86.0 cm³/mol. The molecule has 0 bridgehead atoms. The second-order valence-corrected chi connectivity index (χ2v) is 6.40. The van der Waals surface area contributed by atoms with Gasteiger partial charge in [-0.3, -0.25) is 0 Å². The normalized spacial score (nSPS) is 19.1.